The molecule has 0 heterocycles. The molecule has 0 fully saturated rings. The molecule has 2 rings (SSSR count). The van der Waals surface area contributed by atoms with E-state index in [1.807, 2.05) is 5.16 Å². The van der Waals surface area contributed by atoms with Crippen molar-refractivity contribution < 1.29 is 27.3 Å². The smallest absolute Gasteiger partial charge is 0.282 e. The lowest BCUT2D eigenvalue weighted by Gasteiger charge is -2.06. The van der Waals surface area contributed by atoms with Gasteiger partial charge in [-0.2, -0.15) is 26.8 Å². The van der Waals surface area contributed by atoms with Gasteiger partial charge in [-0.3, -0.25) is 9.11 Å². The standard InChI is InChI=1S/C16H10N2O6S4/c19-27(20,21)15-7-13(17-9-25)5-3-11(15)1-2-12-4-6-14(18-10-26)8-16(12)28(22,23)24/h1-8H,(H,19,20,21)(H,22,23,24)/i5D. The number of hydrogen-bond acceptors (Lipinski definition) is 8. The number of nitrogens with zero attached hydrogens (tertiary/aromatic N) is 2. The molecule has 0 amide bonds. The van der Waals surface area contributed by atoms with Crippen LogP contribution in [0, 0.1) is 0 Å². The summed E-state index contributed by atoms with van der Waals surface area (Å²) in [5.41, 5.74) is -0.141. The molecule has 144 valence electrons. The molecule has 28 heavy (non-hydrogen) atoms. The van der Waals surface area contributed by atoms with Crippen LogP contribution in [0.5, 0.6) is 0 Å². The van der Waals surface area contributed by atoms with E-state index in [2.05, 4.69) is 39.6 Å². The van der Waals surface area contributed by atoms with E-state index in [-0.39, 0.29) is 28.5 Å². The molecule has 12 heteroatoms. The van der Waals surface area contributed by atoms with Crippen LogP contribution in [0.2, 0.25) is 0 Å². The summed E-state index contributed by atoms with van der Waals surface area (Å²) in [4.78, 5) is 6.09. The van der Waals surface area contributed by atoms with Crippen molar-refractivity contribution in [3.63, 3.8) is 0 Å². The number of hydrogen-bond donors (Lipinski definition) is 2. The second kappa shape index (κ2) is 8.74. The van der Waals surface area contributed by atoms with Gasteiger partial charge in [-0.25, -0.2) is 0 Å². The second-order valence-corrected chi connectivity index (χ2v) is 8.19. The molecule has 0 saturated carbocycles. The van der Waals surface area contributed by atoms with Crippen LogP contribution in [0.15, 0.2) is 56.2 Å². The maximum absolute atomic E-state index is 11.7. The van der Waals surface area contributed by atoms with E-state index in [1.165, 1.54) is 18.2 Å². The predicted octanol–water partition coefficient (Wildman–Crippen LogP) is 3.82. The monoisotopic (exact) mass is 455 g/mol. The zero-order chi connectivity index (χ0) is 21.8. The Morgan fingerprint density at radius 1 is 0.857 bits per heavy atom. The minimum atomic E-state index is -4.71. The first-order chi connectivity index (χ1) is 13.5. The average molecular weight is 456 g/mol. The summed E-state index contributed by atoms with van der Waals surface area (Å²) in [5.74, 6) is 0. The Morgan fingerprint density at radius 3 is 1.82 bits per heavy atom. The van der Waals surface area contributed by atoms with E-state index < -0.39 is 30.0 Å². The Labute approximate surface area is 172 Å². The molecule has 2 N–H and O–H groups in total. The zero-order valence-corrected chi connectivity index (χ0v) is 16.9. The van der Waals surface area contributed by atoms with Crippen LogP contribution < -0.4 is 0 Å². The quantitative estimate of drug-likeness (QED) is 0.291. The number of benzene rings is 2. The number of isothiocyanates is 2. The summed E-state index contributed by atoms with van der Waals surface area (Å²) in [7, 11) is -9.36. The van der Waals surface area contributed by atoms with Crippen molar-refractivity contribution in [3.05, 3.63) is 47.5 Å². The topological polar surface area (TPSA) is 133 Å². The number of aliphatic imine (C=N–C) groups is 2. The van der Waals surface area contributed by atoms with Gasteiger partial charge in [0.05, 0.1) is 23.1 Å². The highest BCUT2D eigenvalue weighted by Crippen LogP contribution is 2.27. The summed E-state index contributed by atoms with van der Waals surface area (Å²) >= 11 is 8.88. The van der Waals surface area contributed by atoms with Gasteiger partial charge in [0.1, 0.15) is 9.79 Å². The maximum atomic E-state index is 11.7. The van der Waals surface area contributed by atoms with Crippen molar-refractivity contribution >= 4 is 78.5 Å². The second-order valence-electron chi connectivity index (χ2n) is 5.05. The van der Waals surface area contributed by atoms with Crippen LogP contribution in [0.3, 0.4) is 0 Å². The summed E-state index contributed by atoms with van der Waals surface area (Å²) in [5, 5.41) is 4.06. The molecule has 0 aliphatic heterocycles. The third-order valence-electron chi connectivity index (χ3n) is 3.26. The molecule has 0 spiro atoms. The lowest BCUT2D eigenvalue weighted by atomic mass is 10.1. The molecule has 2 aromatic rings. The third kappa shape index (κ3) is 5.55. The fourth-order valence-corrected chi connectivity index (χ4v) is 3.72. The van der Waals surface area contributed by atoms with Crippen LogP contribution in [-0.2, 0) is 20.2 Å². The highest BCUT2D eigenvalue weighted by Gasteiger charge is 2.17. The molecule has 0 bridgehead atoms. The molecule has 0 aliphatic carbocycles. The molecule has 2 aromatic carbocycles. The Morgan fingerprint density at radius 2 is 1.32 bits per heavy atom. The summed E-state index contributed by atoms with van der Waals surface area (Å²) < 4.78 is 73.4. The van der Waals surface area contributed by atoms with Gasteiger partial charge in [0.2, 0.25) is 0 Å². The summed E-state index contributed by atoms with van der Waals surface area (Å²) in [6.45, 7) is 0. The fourth-order valence-electron chi connectivity index (χ4n) is 2.13. The highest BCUT2D eigenvalue weighted by atomic mass is 32.2. The number of rotatable bonds is 6. The highest BCUT2D eigenvalue weighted by molar-refractivity contribution is 7.86. The van der Waals surface area contributed by atoms with Crippen LogP contribution in [0.25, 0.3) is 12.2 Å². The molecule has 0 aromatic heterocycles. The van der Waals surface area contributed by atoms with Gasteiger partial charge in [0.25, 0.3) is 20.2 Å². The largest absolute Gasteiger partial charge is 0.295 e. The molecule has 0 saturated heterocycles. The molecule has 0 unspecified atom stereocenters. The third-order valence-corrected chi connectivity index (χ3v) is 5.27. The van der Waals surface area contributed by atoms with Crippen molar-refractivity contribution in [2.75, 3.05) is 0 Å². The van der Waals surface area contributed by atoms with Crippen LogP contribution in [-0.4, -0.2) is 36.3 Å². The molecular formula is C16H10N2O6S4. The van der Waals surface area contributed by atoms with E-state index >= 15 is 0 Å². The van der Waals surface area contributed by atoms with E-state index in [9.17, 15) is 25.9 Å². The molecular weight excluding hydrogens is 444 g/mol. The van der Waals surface area contributed by atoms with E-state index in [1.54, 1.807) is 0 Å². The Balaban J connectivity index is 2.70. The maximum Gasteiger partial charge on any atom is 0.295 e. The van der Waals surface area contributed by atoms with Crippen molar-refractivity contribution in [3.8, 4) is 0 Å². The van der Waals surface area contributed by atoms with Crippen LogP contribution in [0.4, 0.5) is 11.4 Å². The van der Waals surface area contributed by atoms with Gasteiger partial charge >= 0.3 is 0 Å². The van der Waals surface area contributed by atoms with Gasteiger partial charge in [0.15, 0.2) is 0 Å². The molecule has 0 atom stereocenters. The lowest BCUT2D eigenvalue weighted by Crippen LogP contribution is -2.01. The van der Waals surface area contributed by atoms with Gasteiger partial charge in [0, 0.05) is 0 Å². The van der Waals surface area contributed by atoms with E-state index in [0.29, 0.717) is 0 Å². The first kappa shape index (κ1) is 20.3. The molecule has 8 nitrogen and oxygen atoms in total. The predicted molar refractivity (Wildman–Crippen MR) is 111 cm³/mol. The molecule has 0 radical (unpaired) electrons. The van der Waals surface area contributed by atoms with Crippen molar-refractivity contribution in [1.29, 1.82) is 0 Å². The van der Waals surface area contributed by atoms with Gasteiger partial charge in [-0.15, -0.1) is 0 Å². The fraction of sp³-hybridized carbons (Fsp3) is 0. The SMILES string of the molecule is [2H]c1cc(C=Cc2ccc(N=C=S)cc2S(=O)(=O)O)c(S(=O)(=O)O)cc1N=C=S. The van der Waals surface area contributed by atoms with Gasteiger partial charge < -0.3 is 0 Å². The summed E-state index contributed by atoms with van der Waals surface area (Å²) in [6.07, 6.45) is 2.33. The van der Waals surface area contributed by atoms with Crippen molar-refractivity contribution in [2.45, 2.75) is 9.79 Å². The van der Waals surface area contributed by atoms with Crippen molar-refractivity contribution in [2.24, 2.45) is 9.98 Å². The van der Waals surface area contributed by atoms with E-state index in [4.69, 9.17) is 1.37 Å². The zero-order valence-electron chi connectivity index (χ0n) is 14.6. The Bertz CT molecular complexity index is 1320. The Hall–Kier alpha value is -2.40. The van der Waals surface area contributed by atoms with Gasteiger partial charge in [-0.1, -0.05) is 24.3 Å². The lowest BCUT2D eigenvalue weighted by molar-refractivity contribution is 0.480. The van der Waals surface area contributed by atoms with Crippen LogP contribution >= 0.6 is 24.4 Å². The minimum absolute atomic E-state index is 0.00961. The molecule has 0 aliphatic rings. The van der Waals surface area contributed by atoms with Gasteiger partial charge in [-0.05, 0) is 59.8 Å². The van der Waals surface area contributed by atoms with Crippen LogP contribution in [0.1, 0.15) is 12.5 Å². The summed E-state index contributed by atoms with van der Waals surface area (Å²) in [6, 6.07) is 5.54. The average Bonchev–Trinajstić information content (AvgIpc) is 2.61. The van der Waals surface area contributed by atoms with E-state index in [0.717, 1.165) is 24.3 Å². The first-order valence-corrected chi connectivity index (χ1v) is 10.7. The first-order valence-electron chi connectivity index (χ1n) is 7.55. The normalized spacial score (nSPS) is 12.1. The van der Waals surface area contributed by atoms with Crippen molar-refractivity contribution in [1.82, 2.24) is 0 Å². The minimum Gasteiger partial charge on any atom is -0.282 e. The Kier molecular flexibility index (Phi) is 6.35. The number of thiocarbonyl (C=S) groups is 2.